The van der Waals surface area contributed by atoms with Crippen LogP contribution in [0, 0.1) is 39.8 Å². The second-order valence-corrected chi connectivity index (χ2v) is 10.8. The van der Waals surface area contributed by atoms with Crippen LogP contribution in [0.25, 0.3) is 54.5 Å². The van der Waals surface area contributed by atoms with Gasteiger partial charge in [0.1, 0.15) is 5.58 Å². The largest absolute Gasteiger partial charge is 0.501 e. The topological polar surface area (TPSA) is 38.9 Å². The van der Waals surface area contributed by atoms with Crippen molar-refractivity contribution >= 4 is 43.4 Å². The molecule has 1 radical (unpaired) electrons. The van der Waals surface area contributed by atoms with Crippen LogP contribution in [0.2, 0.25) is 0 Å². The average molecular weight is 703 g/mol. The van der Waals surface area contributed by atoms with E-state index in [4.69, 9.17) is 4.42 Å². The summed E-state index contributed by atoms with van der Waals surface area (Å²) >= 11 is 1.82. The molecular weight excluding hydrogens is 677 g/mol. The van der Waals surface area contributed by atoms with Crippen LogP contribution in [0.1, 0.15) is 21.6 Å². The van der Waals surface area contributed by atoms with Gasteiger partial charge in [-0.2, -0.15) is 0 Å². The number of fused-ring (bicyclic) bond motifs is 5. The molecule has 0 amide bonds. The molecule has 0 atom stereocenters. The quantitative estimate of drug-likeness (QED) is 0.169. The van der Waals surface area contributed by atoms with E-state index in [0.29, 0.717) is 0 Å². The minimum Gasteiger partial charge on any atom is -0.501 e. The number of thiophene rings is 1. The van der Waals surface area contributed by atoms with Crippen molar-refractivity contribution in [1.29, 1.82) is 0 Å². The number of furan rings is 1. The molecule has 7 rings (SSSR count). The Morgan fingerprint density at radius 3 is 2.44 bits per heavy atom. The molecule has 195 valence electrons. The van der Waals surface area contributed by atoms with Crippen molar-refractivity contribution in [2.75, 3.05) is 0 Å². The molecule has 0 N–H and O–H groups in total. The van der Waals surface area contributed by atoms with Crippen molar-refractivity contribution in [3.05, 3.63) is 119 Å². The van der Waals surface area contributed by atoms with Gasteiger partial charge in [-0.3, -0.25) is 0 Å². The van der Waals surface area contributed by atoms with Crippen LogP contribution in [-0.4, -0.2) is 9.97 Å². The van der Waals surface area contributed by atoms with Gasteiger partial charge in [0.25, 0.3) is 0 Å². The molecule has 4 aromatic heterocycles. The third-order valence-corrected chi connectivity index (χ3v) is 7.82. The van der Waals surface area contributed by atoms with Crippen LogP contribution in [0.5, 0.6) is 0 Å². The average Bonchev–Trinajstić information content (AvgIpc) is 3.51. The van der Waals surface area contributed by atoms with Gasteiger partial charge in [-0.1, -0.05) is 41.6 Å². The monoisotopic (exact) mass is 703 g/mol. The van der Waals surface area contributed by atoms with Gasteiger partial charge in [-0.05, 0) is 67.4 Å². The number of hydrogen-bond acceptors (Lipinski definition) is 4. The standard InChI is InChI=1S/C20H12NOS.C14H14N.Ir/c1-12-11-13-8-9-17-18(20(13)23-12)15-6-4-5-14(19(15)22-17)16-7-2-3-10-21-16;1-10-4-6-13(7-5-10)14-8-11(2)12(3)9-15-14;/h2-4,6-11H,1H3;4-6,8-9H,1-3H3;/q2*-1;. The third kappa shape index (κ3) is 5.31. The Bertz CT molecular complexity index is 1900. The molecule has 7 aromatic rings. The maximum Gasteiger partial charge on any atom is 0.122 e. The minimum atomic E-state index is 0. The molecule has 0 aliphatic heterocycles. The Morgan fingerprint density at radius 1 is 0.821 bits per heavy atom. The maximum atomic E-state index is 6.19. The Labute approximate surface area is 245 Å². The van der Waals surface area contributed by atoms with E-state index in [1.54, 1.807) is 6.20 Å². The zero-order chi connectivity index (χ0) is 26.2. The molecule has 0 bridgehead atoms. The van der Waals surface area contributed by atoms with Crippen molar-refractivity contribution in [3.8, 4) is 22.5 Å². The van der Waals surface area contributed by atoms with Crippen molar-refractivity contribution in [1.82, 2.24) is 9.97 Å². The molecule has 0 fully saturated rings. The molecule has 0 spiro atoms. The van der Waals surface area contributed by atoms with Crippen LogP contribution in [-0.2, 0) is 20.1 Å². The number of rotatable bonds is 2. The van der Waals surface area contributed by atoms with Gasteiger partial charge in [0.15, 0.2) is 0 Å². The SMILES string of the molecule is Cc1c[c-]c(-c2cc(C)c(C)cn2)cc1.Cc1cc2ccc3oc4c(-c5ccccn5)[c-]ccc4c3c2s1.[Ir]. The van der Waals surface area contributed by atoms with Crippen LogP contribution in [0.15, 0.2) is 89.6 Å². The molecule has 5 heteroatoms. The summed E-state index contributed by atoms with van der Waals surface area (Å²) in [4.78, 5) is 10.2. The van der Waals surface area contributed by atoms with Crippen LogP contribution in [0.3, 0.4) is 0 Å². The van der Waals surface area contributed by atoms with Gasteiger partial charge in [0.2, 0.25) is 0 Å². The molecular formula is C34H26IrN2OS-2. The fourth-order valence-corrected chi connectivity index (χ4v) is 5.65. The predicted octanol–water partition coefficient (Wildman–Crippen LogP) is 9.44. The zero-order valence-electron chi connectivity index (χ0n) is 22.1. The van der Waals surface area contributed by atoms with E-state index in [1.807, 2.05) is 47.9 Å². The zero-order valence-corrected chi connectivity index (χ0v) is 25.3. The number of pyridine rings is 2. The summed E-state index contributed by atoms with van der Waals surface area (Å²) in [5.74, 6) is 0. The van der Waals surface area contributed by atoms with Gasteiger partial charge in [0, 0.05) is 47.5 Å². The number of aryl methyl sites for hydroxylation is 4. The summed E-state index contributed by atoms with van der Waals surface area (Å²) in [5.41, 5.74) is 9.37. The maximum absolute atomic E-state index is 6.19. The van der Waals surface area contributed by atoms with Crippen LogP contribution < -0.4 is 0 Å². The van der Waals surface area contributed by atoms with Gasteiger partial charge in [0.05, 0.1) is 5.58 Å². The summed E-state index contributed by atoms with van der Waals surface area (Å²) in [7, 11) is 0. The third-order valence-electron chi connectivity index (χ3n) is 6.74. The van der Waals surface area contributed by atoms with Crippen molar-refractivity contribution in [2.45, 2.75) is 27.7 Å². The van der Waals surface area contributed by atoms with Crippen LogP contribution in [0.4, 0.5) is 0 Å². The summed E-state index contributed by atoms with van der Waals surface area (Å²) in [6, 6.07) is 31.1. The molecule has 0 aliphatic rings. The van der Waals surface area contributed by atoms with Crippen molar-refractivity contribution in [2.24, 2.45) is 0 Å². The first kappa shape index (κ1) is 27.0. The Hall–Kier alpha value is -3.63. The van der Waals surface area contributed by atoms with Gasteiger partial charge in [-0.25, -0.2) is 0 Å². The van der Waals surface area contributed by atoms with E-state index in [0.717, 1.165) is 39.1 Å². The van der Waals surface area contributed by atoms with E-state index in [9.17, 15) is 0 Å². The molecule has 4 heterocycles. The number of aromatic nitrogens is 2. The Morgan fingerprint density at radius 2 is 1.69 bits per heavy atom. The fraction of sp³-hybridized carbons (Fsp3) is 0.118. The summed E-state index contributed by atoms with van der Waals surface area (Å²) in [5, 5.41) is 3.60. The van der Waals surface area contributed by atoms with E-state index in [-0.39, 0.29) is 20.1 Å². The Balaban J connectivity index is 0.000000169. The minimum absolute atomic E-state index is 0. The molecule has 0 saturated carbocycles. The van der Waals surface area contributed by atoms with Gasteiger partial charge < -0.3 is 14.4 Å². The smallest absolute Gasteiger partial charge is 0.122 e. The van der Waals surface area contributed by atoms with E-state index < -0.39 is 0 Å². The first-order valence-electron chi connectivity index (χ1n) is 12.6. The van der Waals surface area contributed by atoms with Crippen molar-refractivity contribution in [3.63, 3.8) is 0 Å². The fourth-order valence-electron chi connectivity index (χ4n) is 4.59. The number of benzene rings is 3. The summed E-state index contributed by atoms with van der Waals surface area (Å²) in [6.45, 7) is 8.39. The first-order chi connectivity index (χ1) is 18.5. The number of hydrogen-bond donors (Lipinski definition) is 0. The number of nitrogens with zero attached hydrogens (tertiary/aromatic N) is 2. The molecule has 3 aromatic carbocycles. The van der Waals surface area contributed by atoms with E-state index >= 15 is 0 Å². The molecule has 0 unspecified atom stereocenters. The molecule has 0 saturated heterocycles. The van der Waals surface area contributed by atoms with E-state index in [1.165, 1.54) is 37.0 Å². The van der Waals surface area contributed by atoms with E-state index in [2.05, 4.69) is 92.3 Å². The van der Waals surface area contributed by atoms with Crippen LogP contribution >= 0.6 is 11.3 Å². The normalized spacial score (nSPS) is 10.9. The second kappa shape index (κ2) is 11.2. The first-order valence-corrected chi connectivity index (χ1v) is 13.4. The molecule has 0 aliphatic carbocycles. The Kier molecular flexibility index (Phi) is 7.76. The summed E-state index contributed by atoms with van der Waals surface area (Å²) < 4.78 is 7.48. The molecule has 39 heavy (non-hydrogen) atoms. The second-order valence-electron chi connectivity index (χ2n) is 9.56. The van der Waals surface area contributed by atoms with Gasteiger partial charge in [-0.15, -0.1) is 64.9 Å². The molecule has 3 nitrogen and oxygen atoms in total. The van der Waals surface area contributed by atoms with Crippen molar-refractivity contribution < 1.29 is 24.5 Å². The summed E-state index contributed by atoms with van der Waals surface area (Å²) in [6.07, 6.45) is 3.71. The van der Waals surface area contributed by atoms with Gasteiger partial charge >= 0.3 is 0 Å². The predicted molar refractivity (Wildman–Crippen MR) is 159 cm³/mol.